The summed E-state index contributed by atoms with van der Waals surface area (Å²) >= 11 is 1.69. The Balaban J connectivity index is 2.10. The van der Waals surface area contributed by atoms with E-state index in [4.69, 9.17) is 0 Å². The van der Waals surface area contributed by atoms with Crippen molar-refractivity contribution in [1.29, 1.82) is 0 Å². The van der Waals surface area contributed by atoms with Crippen LogP contribution in [0, 0.1) is 6.92 Å². The quantitative estimate of drug-likeness (QED) is 0.838. The Hall–Kier alpha value is -1.29. The lowest BCUT2D eigenvalue weighted by Gasteiger charge is -2.14. The van der Waals surface area contributed by atoms with Crippen LogP contribution in [0.2, 0.25) is 0 Å². The molecule has 2 heterocycles. The van der Waals surface area contributed by atoms with Crippen LogP contribution in [0.3, 0.4) is 0 Å². The van der Waals surface area contributed by atoms with Crippen LogP contribution in [0.5, 0.6) is 0 Å². The molecule has 0 amide bonds. The van der Waals surface area contributed by atoms with Crippen LogP contribution in [-0.2, 0) is 0 Å². The summed E-state index contributed by atoms with van der Waals surface area (Å²) in [7, 11) is 0. The summed E-state index contributed by atoms with van der Waals surface area (Å²) in [6.45, 7) is 4.18. The van der Waals surface area contributed by atoms with Crippen molar-refractivity contribution in [3.05, 3.63) is 40.6 Å². The Labute approximate surface area is 87.4 Å². The maximum absolute atomic E-state index is 4.24. The molecule has 0 aliphatic heterocycles. The van der Waals surface area contributed by atoms with E-state index < -0.39 is 0 Å². The first-order chi connectivity index (χ1) is 6.77. The van der Waals surface area contributed by atoms with Gasteiger partial charge in [-0.25, -0.2) is 4.98 Å². The van der Waals surface area contributed by atoms with E-state index in [2.05, 4.69) is 17.3 Å². The highest BCUT2D eigenvalue weighted by Crippen LogP contribution is 2.21. The van der Waals surface area contributed by atoms with Crippen molar-refractivity contribution in [1.82, 2.24) is 9.66 Å². The second kappa shape index (κ2) is 3.84. The summed E-state index contributed by atoms with van der Waals surface area (Å²) in [6.07, 6.45) is 3.99. The third-order valence-electron chi connectivity index (χ3n) is 2.12. The Morgan fingerprint density at radius 1 is 1.43 bits per heavy atom. The summed E-state index contributed by atoms with van der Waals surface area (Å²) in [6, 6.07) is 4.30. The van der Waals surface area contributed by atoms with E-state index in [9.17, 15) is 0 Å². The van der Waals surface area contributed by atoms with Crippen LogP contribution >= 0.6 is 11.3 Å². The summed E-state index contributed by atoms with van der Waals surface area (Å²) in [4.78, 5) is 5.53. The molecule has 0 bridgehead atoms. The van der Waals surface area contributed by atoms with Gasteiger partial charge in [-0.15, -0.1) is 11.3 Å². The van der Waals surface area contributed by atoms with Crippen LogP contribution in [0.4, 0.5) is 0 Å². The Morgan fingerprint density at radius 3 is 2.71 bits per heavy atom. The molecular formula is C10H13N3S. The Morgan fingerprint density at radius 2 is 2.14 bits per heavy atom. The predicted octanol–water partition coefficient (Wildman–Crippen LogP) is 2.56. The number of hydrogen-bond donors (Lipinski definition) is 1. The van der Waals surface area contributed by atoms with Crippen LogP contribution in [0.25, 0.3) is 0 Å². The average molecular weight is 207 g/mol. The largest absolute Gasteiger partial charge is 0.318 e. The van der Waals surface area contributed by atoms with Gasteiger partial charge in [-0.3, -0.25) is 4.68 Å². The normalized spacial score (nSPS) is 12.7. The zero-order valence-corrected chi connectivity index (χ0v) is 9.08. The molecular weight excluding hydrogens is 194 g/mol. The highest BCUT2D eigenvalue weighted by Gasteiger charge is 2.09. The molecule has 0 saturated heterocycles. The zero-order valence-electron chi connectivity index (χ0n) is 8.27. The van der Waals surface area contributed by atoms with Gasteiger partial charge in [0, 0.05) is 12.4 Å². The molecule has 0 spiro atoms. The summed E-state index contributed by atoms with van der Waals surface area (Å²) in [5.74, 6) is 0. The van der Waals surface area contributed by atoms with Gasteiger partial charge in [0.2, 0.25) is 0 Å². The van der Waals surface area contributed by atoms with E-state index in [1.165, 1.54) is 4.88 Å². The lowest BCUT2D eigenvalue weighted by atomic mass is 10.2. The molecule has 1 unspecified atom stereocenters. The molecule has 0 aliphatic rings. The summed E-state index contributed by atoms with van der Waals surface area (Å²) < 4.78 is 1.96. The SMILES string of the molecule is Cc1ncsc1C(C)Nn1cccc1. The molecule has 0 saturated carbocycles. The third kappa shape index (κ3) is 1.80. The van der Waals surface area contributed by atoms with Gasteiger partial charge in [0.15, 0.2) is 0 Å². The third-order valence-corrected chi connectivity index (χ3v) is 3.24. The van der Waals surface area contributed by atoms with E-state index in [1.54, 1.807) is 11.3 Å². The fourth-order valence-corrected chi connectivity index (χ4v) is 2.23. The fraction of sp³-hybridized carbons (Fsp3) is 0.300. The van der Waals surface area contributed by atoms with Crippen LogP contribution < -0.4 is 5.43 Å². The van der Waals surface area contributed by atoms with E-state index in [-0.39, 0.29) is 0 Å². The molecule has 0 fully saturated rings. The summed E-state index contributed by atoms with van der Waals surface area (Å²) in [5.41, 5.74) is 6.35. The smallest absolute Gasteiger partial charge is 0.0798 e. The molecule has 14 heavy (non-hydrogen) atoms. The van der Waals surface area contributed by atoms with Gasteiger partial charge in [0.25, 0.3) is 0 Å². The first-order valence-electron chi connectivity index (χ1n) is 4.57. The van der Waals surface area contributed by atoms with Gasteiger partial charge >= 0.3 is 0 Å². The lowest BCUT2D eigenvalue weighted by molar-refractivity contribution is 0.733. The first kappa shape index (κ1) is 9.27. The second-order valence-corrected chi connectivity index (χ2v) is 4.13. The topological polar surface area (TPSA) is 29.9 Å². The Bertz CT molecular complexity index is 391. The van der Waals surface area contributed by atoms with Gasteiger partial charge in [0.05, 0.1) is 22.1 Å². The molecule has 2 rings (SSSR count). The van der Waals surface area contributed by atoms with Crippen LogP contribution in [0.15, 0.2) is 30.0 Å². The average Bonchev–Trinajstić information content (AvgIpc) is 2.75. The van der Waals surface area contributed by atoms with E-state index >= 15 is 0 Å². The number of rotatable bonds is 3. The monoisotopic (exact) mass is 207 g/mol. The number of hydrogen-bond acceptors (Lipinski definition) is 3. The molecule has 1 N–H and O–H groups in total. The van der Waals surface area contributed by atoms with Crippen molar-refractivity contribution in [3.63, 3.8) is 0 Å². The number of thiazole rings is 1. The molecule has 4 heteroatoms. The first-order valence-corrected chi connectivity index (χ1v) is 5.45. The van der Waals surface area contributed by atoms with E-state index in [1.807, 2.05) is 41.6 Å². The highest BCUT2D eigenvalue weighted by atomic mass is 32.1. The maximum Gasteiger partial charge on any atom is 0.0798 e. The molecule has 74 valence electrons. The van der Waals surface area contributed by atoms with Crippen molar-refractivity contribution >= 4 is 11.3 Å². The minimum atomic E-state index is 0.301. The molecule has 3 nitrogen and oxygen atoms in total. The van der Waals surface area contributed by atoms with Crippen molar-refractivity contribution in [2.75, 3.05) is 5.43 Å². The van der Waals surface area contributed by atoms with Gasteiger partial charge in [0.1, 0.15) is 0 Å². The number of aromatic nitrogens is 2. The molecule has 0 aliphatic carbocycles. The minimum absolute atomic E-state index is 0.301. The minimum Gasteiger partial charge on any atom is -0.318 e. The van der Waals surface area contributed by atoms with Crippen molar-refractivity contribution in [2.45, 2.75) is 19.9 Å². The fourth-order valence-electron chi connectivity index (χ4n) is 1.43. The van der Waals surface area contributed by atoms with E-state index in [0.717, 1.165) is 5.69 Å². The molecule has 0 radical (unpaired) electrons. The van der Waals surface area contributed by atoms with Gasteiger partial charge < -0.3 is 5.43 Å². The lowest BCUT2D eigenvalue weighted by Crippen LogP contribution is -2.16. The molecule has 1 atom stereocenters. The molecule has 0 aromatic carbocycles. The van der Waals surface area contributed by atoms with E-state index in [0.29, 0.717) is 6.04 Å². The molecule has 2 aromatic heterocycles. The standard InChI is InChI=1S/C10H13N3S/c1-8-10(14-7-11-8)9(2)12-13-5-3-4-6-13/h3-7,9,12H,1-2H3. The number of aryl methyl sites for hydroxylation is 1. The maximum atomic E-state index is 4.24. The summed E-state index contributed by atoms with van der Waals surface area (Å²) in [5, 5.41) is 0. The predicted molar refractivity (Wildman–Crippen MR) is 59.1 cm³/mol. The van der Waals surface area contributed by atoms with Crippen molar-refractivity contribution < 1.29 is 0 Å². The van der Waals surface area contributed by atoms with Crippen LogP contribution in [0.1, 0.15) is 23.5 Å². The Kier molecular flexibility index (Phi) is 2.54. The van der Waals surface area contributed by atoms with Gasteiger partial charge in [-0.1, -0.05) is 0 Å². The molecule has 2 aromatic rings. The number of nitrogens with zero attached hydrogens (tertiary/aromatic N) is 2. The van der Waals surface area contributed by atoms with Crippen molar-refractivity contribution in [2.24, 2.45) is 0 Å². The van der Waals surface area contributed by atoms with Crippen molar-refractivity contribution in [3.8, 4) is 0 Å². The van der Waals surface area contributed by atoms with Gasteiger partial charge in [-0.05, 0) is 26.0 Å². The van der Waals surface area contributed by atoms with Crippen LogP contribution in [-0.4, -0.2) is 9.66 Å². The van der Waals surface area contributed by atoms with Gasteiger partial charge in [-0.2, -0.15) is 0 Å². The second-order valence-electron chi connectivity index (χ2n) is 3.24. The zero-order chi connectivity index (χ0) is 9.97. The highest BCUT2D eigenvalue weighted by molar-refractivity contribution is 7.09. The number of nitrogens with one attached hydrogen (secondary N) is 1.